The molecule has 0 saturated heterocycles. The number of nitrogens with one attached hydrogen (secondary N) is 1. The van der Waals surface area contributed by atoms with Gasteiger partial charge in [0, 0.05) is 35.2 Å². The fourth-order valence-corrected chi connectivity index (χ4v) is 3.91. The third kappa shape index (κ3) is 8.04. The summed E-state index contributed by atoms with van der Waals surface area (Å²) in [6.07, 6.45) is 2.31. The Morgan fingerprint density at radius 2 is 1.77 bits per heavy atom. The number of hydrogen-bond acceptors (Lipinski definition) is 3. The number of carbonyl (C=O) groups is 2. The third-order valence-electron chi connectivity index (χ3n) is 4.87. The van der Waals surface area contributed by atoms with Gasteiger partial charge in [0.25, 0.3) is 0 Å². The average molecular weight is 447 g/mol. The largest absolute Gasteiger partial charge is 0.354 e. The zero-order chi connectivity index (χ0) is 21.9. The Balaban J connectivity index is 2.02. The first-order chi connectivity index (χ1) is 14.4. The van der Waals surface area contributed by atoms with Crippen molar-refractivity contribution in [1.29, 1.82) is 0 Å². The second-order valence-electron chi connectivity index (χ2n) is 7.38. The van der Waals surface area contributed by atoms with Gasteiger partial charge < -0.3 is 10.2 Å². The van der Waals surface area contributed by atoms with Gasteiger partial charge in [-0.2, -0.15) is 0 Å². The van der Waals surface area contributed by atoms with Crippen molar-refractivity contribution in [3.8, 4) is 0 Å². The van der Waals surface area contributed by atoms with E-state index in [2.05, 4.69) is 43.4 Å². The van der Waals surface area contributed by atoms with Crippen LogP contribution in [0.3, 0.4) is 0 Å². The Bertz CT molecular complexity index is 809. The van der Waals surface area contributed by atoms with Gasteiger partial charge in [0.05, 0.1) is 0 Å². The molecule has 0 heterocycles. The van der Waals surface area contributed by atoms with E-state index < -0.39 is 6.04 Å². The quantitative estimate of drug-likeness (QED) is 0.368. The van der Waals surface area contributed by atoms with Crippen LogP contribution in [0.15, 0.2) is 53.4 Å². The van der Waals surface area contributed by atoms with Crippen molar-refractivity contribution in [2.45, 2.75) is 57.5 Å². The number of aryl methyl sites for hydroxylation is 1. The van der Waals surface area contributed by atoms with Crippen LogP contribution in [-0.4, -0.2) is 35.1 Å². The van der Waals surface area contributed by atoms with E-state index in [1.807, 2.05) is 12.1 Å². The maximum absolute atomic E-state index is 13.0. The standard InChI is InChI=1S/C24H31ClN2O2S/c1-4-5-15-26-24(29)19(3)27(17-20-8-10-21(25)11-9-20)23(28)14-16-30-22-12-6-18(2)7-13-22/h6-13,19H,4-5,14-17H2,1-3H3,(H,26,29). The number of halogens is 1. The van der Waals surface area contributed by atoms with Gasteiger partial charge in [-0.05, 0) is 50.1 Å². The summed E-state index contributed by atoms with van der Waals surface area (Å²) in [4.78, 5) is 28.5. The molecule has 0 fully saturated rings. The maximum atomic E-state index is 13.0. The predicted molar refractivity (Wildman–Crippen MR) is 126 cm³/mol. The minimum atomic E-state index is -0.533. The van der Waals surface area contributed by atoms with Crippen molar-refractivity contribution in [3.63, 3.8) is 0 Å². The molecule has 2 aromatic carbocycles. The maximum Gasteiger partial charge on any atom is 0.242 e. The molecule has 6 heteroatoms. The Hall–Kier alpha value is -1.98. The fourth-order valence-electron chi connectivity index (χ4n) is 2.94. The fraction of sp³-hybridized carbons (Fsp3) is 0.417. The van der Waals surface area contributed by atoms with E-state index in [4.69, 9.17) is 11.6 Å². The molecule has 0 aliphatic rings. The Morgan fingerprint density at radius 3 is 2.40 bits per heavy atom. The molecule has 0 radical (unpaired) electrons. The number of benzene rings is 2. The molecule has 162 valence electrons. The molecular formula is C24H31ClN2O2S. The van der Waals surface area contributed by atoms with Gasteiger partial charge in [-0.3, -0.25) is 9.59 Å². The number of amides is 2. The number of carbonyl (C=O) groups excluding carboxylic acids is 2. The zero-order valence-corrected chi connectivity index (χ0v) is 19.6. The molecule has 1 unspecified atom stereocenters. The summed E-state index contributed by atoms with van der Waals surface area (Å²) < 4.78 is 0. The molecule has 2 amide bonds. The molecule has 2 rings (SSSR count). The van der Waals surface area contributed by atoms with Crippen LogP contribution in [0.1, 0.15) is 44.2 Å². The van der Waals surface area contributed by atoms with Crippen LogP contribution in [0.2, 0.25) is 5.02 Å². The second-order valence-corrected chi connectivity index (χ2v) is 8.98. The third-order valence-corrected chi connectivity index (χ3v) is 6.13. The minimum absolute atomic E-state index is 0.0253. The Labute approximate surface area is 189 Å². The molecule has 0 saturated carbocycles. The van der Waals surface area contributed by atoms with Gasteiger partial charge >= 0.3 is 0 Å². The summed E-state index contributed by atoms with van der Waals surface area (Å²) in [6, 6.07) is 15.1. The smallest absolute Gasteiger partial charge is 0.242 e. The Morgan fingerprint density at radius 1 is 1.10 bits per heavy atom. The SMILES string of the molecule is CCCCNC(=O)C(C)N(Cc1ccc(Cl)cc1)C(=O)CCSc1ccc(C)cc1. The zero-order valence-electron chi connectivity index (χ0n) is 18.0. The predicted octanol–water partition coefficient (Wildman–Crippen LogP) is 5.46. The molecule has 30 heavy (non-hydrogen) atoms. The monoisotopic (exact) mass is 446 g/mol. The van der Waals surface area contributed by atoms with Gasteiger partial charge in [0.1, 0.15) is 6.04 Å². The van der Waals surface area contributed by atoms with Crippen molar-refractivity contribution in [2.75, 3.05) is 12.3 Å². The number of hydrogen-bond donors (Lipinski definition) is 1. The molecule has 2 aromatic rings. The molecule has 0 spiro atoms. The van der Waals surface area contributed by atoms with Crippen LogP contribution in [-0.2, 0) is 16.1 Å². The van der Waals surface area contributed by atoms with Gasteiger partial charge in [-0.25, -0.2) is 0 Å². The summed E-state index contributed by atoms with van der Waals surface area (Å²) in [7, 11) is 0. The van der Waals surface area contributed by atoms with Gasteiger partial charge in [0.15, 0.2) is 0 Å². The van der Waals surface area contributed by atoms with E-state index in [0.29, 0.717) is 30.3 Å². The van der Waals surface area contributed by atoms with E-state index in [9.17, 15) is 9.59 Å². The summed E-state index contributed by atoms with van der Waals surface area (Å²) in [5, 5.41) is 3.59. The number of unbranched alkanes of at least 4 members (excludes halogenated alkanes) is 1. The average Bonchev–Trinajstić information content (AvgIpc) is 2.74. The van der Waals surface area contributed by atoms with Crippen LogP contribution in [0, 0.1) is 6.92 Å². The number of rotatable bonds is 11. The lowest BCUT2D eigenvalue weighted by Crippen LogP contribution is -2.47. The highest BCUT2D eigenvalue weighted by atomic mass is 35.5. The van der Waals surface area contributed by atoms with Crippen molar-refractivity contribution in [1.82, 2.24) is 10.2 Å². The molecule has 0 bridgehead atoms. The van der Waals surface area contributed by atoms with Crippen LogP contribution < -0.4 is 5.32 Å². The molecule has 0 aromatic heterocycles. The number of nitrogens with zero attached hydrogens (tertiary/aromatic N) is 1. The molecule has 1 atom stereocenters. The first-order valence-electron chi connectivity index (χ1n) is 10.4. The van der Waals surface area contributed by atoms with Crippen LogP contribution >= 0.6 is 23.4 Å². The van der Waals surface area contributed by atoms with Crippen molar-refractivity contribution in [3.05, 3.63) is 64.7 Å². The lowest BCUT2D eigenvalue weighted by atomic mass is 10.1. The van der Waals surface area contributed by atoms with Crippen LogP contribution in [0.5, 0.6) is 0 Å². The lowest BCUT2D eigenvalue weighted by molar-refractivity contribution is -0.140. The highest BCUT2D eigenvalue weighted by Crippen LogP contribution is 2.21. The van der Waals surface area contributed by atoms with Crippen molar-refractivity contribution >= 4 is 35.2 Å². The molecule has 4 nitrogen and oxygen atoms in total. The van der Waals surface area contributed by atoms with Crippen molar-refractivity contribution in [2.24, 2.45) is 0 Å². The van der Waals surface area contributed by atoms with E-state index in [0.717, 1.165) is 23.3 Å². The van der Waals surface area contributed by atoms with E-state index >= 15 is 0 Å². The first kappa shape index (κ1) is 24.3. The molecule has 0 aliphatic carbocycles. The number of thioether (sulfide) groups is 1. The highest BCUT2D eigenvalue weighted by Gasteiger charge is 2.25. The van der Waals surface area contributed by atoms with E-state index in [1.54, 1.807) is 35.7 Å². The minimum Gasteiger partial charge on any atom is -0.354 e. The molecule has 0 aliphatic heterocycles. The summed E-state index contributed by atoms with van der Waals surface area (Å²) in [5.74, 6) is 0.531. The highest BCUT2D eigenvalue weighted by molar-refractivity contribution is 7.99. The van der Waals surface area contributed by atoms with E-state index in [-0.39, 0.29) is 11.8 Å². The van der Waals surface area contributed by atoms with Crippen LogP contribution in [0.25, 0.3) is 0 Å². The van der Waals surface area contributed by atoms with E-state index in [1.165, 1.54) is 5.56 Å². The van der Waals surface area contributed by atoms with Crippen LogP contribution in [0.4, 0.5) is 0 Å². The summed E-state index contributed by atoms with van der Waals surface area (Å²) >= 11 is 7.64. The summed E-state index contributed by atoms with van der Waals surface area (Å²) in [5.41, 5.74) is 2.17. The van der Waals surface area contributed by atoms with Crippen molar-refractivity contribution < 1.29 is 9.59 Å². The Kier molecular flexibility index (Phi) is 10.2. The van der Waals surface area contributed by atoms with Gasteiger partial charge in [-0.1, -0.05) is 54.8 Å². The van der Waals surface area contributed by atoms with Gasteiger partial charge in [-0.15, -0.1) is 11.8 Å². The topological polar surface area (TPSA) is 49.4 Å². The summed E-state index contributed by atoms with van der Waals surface area (Å²) in [6.45, 7) is 6.94. The second kappa shape index (κ2) is 12.7. The van der Waals surface area contributed by atoms with Gasteiger partial charge in [0.2, 0.25) is 11.8 Å². The lowest BCUT2D eigenvalue weighted by Gasteiger charge is -2.29. The normalized spacial score (nSPS) is 11.7. The molecule has 1 N–H and O–H groups in total. The first-order valence-corrected chi connectivity index (χ1v) is 11.8. The molecular weight excluding hydrogens is 416 g/mol.